The van der Waals surface area contributed by atoms with Gasteiger partial charge in [-0.15, -0.1) is 0 Å². The van der Waals surface area contributed by atoms with E-state index in [9.17, 15) is 9.90 Å². The zero-order valence-corrected chi connectivity index (χ0v) is 21.7. The predicted octanol–water partition coefficient (Wildman–Crippen LogP) is 6.76. The van der Waals surface area contributed by atoms with Gasteiger partial charge >= 0.3 is 0 Å². The molecule has 3 aromatic carbocycles. The third-order valence-electron chi connectivity index (χ3n) is 6.29. The minimum atomic E-state index is 0.0974. The van der Waals surface area contributed by atoms with Crippen LogP contribution in [0.5, 0.6) is 11.5 Å². The van der Waals surface area contributed by atoms with E-state index in [-0.39, 0.29) is 11.5 Å². The van der Waals surface area contributed by atoms with Crippen molar-refractivity contribution in [2.24, 2.45) is 0 Å². The van der Waals surface area contributed by atoms with E-state index in [0.717, 1.165) is 28.2 Å². The molecule has 0 aliphatic rings. The molecule has 3 N–H and O–H groups in total. The molecule has 0 fully saturated rings. The van der Waals surface area contributed by atoms with Crippen molar-refractivity contribution in [3.05, 3.63) is 106 Å². The Morgan fingerprint density at radius 3 is 2.68 bits per heavy atom. The quantitative estimate of drug-likeness (QED) is 0.212. The highest BCUT2D eigenvalue weighted by atomic mass is 16.5. The Kier molecular flexibility index (Phi) is 8.08. The van der Waals surface area contributed by atoms with Crippen LogP contribution < -0.4 is 10.1 Å². The van der Waals surface area contributed by atoms with Crippen LogP contribution in [0.2, 0.25) is 0 Å². The van der Waals surface area contributed by atoms with Gasteiger partial charge in [-0.1, -0.05) is 56.3 Å². The summed E-state index contributed by atoms with van der Waals surface area (Å²) in [5.41, 5.74) is 7.74. The first kappa shape index (κ1) is 25.8. The van der Waals surface area contributed by atoms with Gasteiger partial charge in [0, 0.05) is 17.7 Å². The second kappa shape index (κ2) is 11.6. The number of hydrogen-bond acceptors (Lipinski definition) is 5. The number of ketones is 1. The van der Waals surface area contributed by atoms with Crippen LogP contribution in [0.1, 0.15) is 63.8 Å². The molecule has 6 nitrogen and oxygen atoms in total. The number of aromatic amines is 1. The number of aromatic hydroxyl groups is 1. The monoisotopic (exact) mass is 495 g/mol. The molecule has 1 aromatic heterocycles. The first-order valence-corrected chi connectivity index (χ1v) is 12.4. The van der Waals surface area contributed by atoms with Gasteiger partial charge in [0.15, 0.2) is 17.3 Å². The number of rotatable bonds is 10. The zero-order valence-electron chi connectivity index (χ0n) is 21.7. The molecular formula is C31H33N3O3. The highest BCUT2D eigenvalue weighted by Crippen LogP contribution is 2.27. The van der Waals surface area contributed by atoms with Gasteiger partial charge in [0.1, 0.15) is 0 Å². The topological polar surface area (TPSA) is 87.2 Å². The number of hydrogen-bond donors (Lipinski definition) is 3. The van der Waals surface area contributed by atoms with Crippen LogP contribution in [0.4, 0.5) is 5.69 Å². The van der Waals surface area contributed by atoms with Crippen LogP contribution in [0.25, 0.3) is 12.2 Å². The number of benzene rings is 3. The Bertz CT molecular complexity index is 1420. The SMILES string of the molecule is COc1cc(C=Cc2cc(CNc3cccc(C(=O)Cc4ccc(C(C)C)c(C)c4)c3)[nH]n2)ccc1O. The number of aryl methyl sites for hydroxylation is 1. The average molecular weight is 496 g/mol. The summed E-state index contributed by atoms with van der Waals surface area (Å²) >= 11 is 0. The highest BCUT2D eigenvalue weighted by Gasteiger charge is 2.11. The van der Waals surface area contributed by atoms with Crippen LogP contribution in [-0.4, -0.2) is 28.2 Å². The molecule has 0 saturated heterocycles. The maximum atomic E-state index is 12.9. The van der Waals surface area contributed by atoms with Crippen molar-refractivity contribution >= 4 is 23.6 Å². The van der Waals surface area contributed by atoms with Crippen LogP contribution in [0.15, 0.2) is 66.7 Å². The number of anilines is 1. The standard InChI is InChI=1S/C31H33N3O3/c1-20(2)28-12-9-23(14-21(28)3)15-30(36)24-6-5-7-25(17-24)32-19-27-18-26(33-34-27)11-8-22-10-13-29(35)31(16-22)37-4/h5-14,16-18,20,32,35H,15,19H2,1-4H3,(H,33,34). The van der Waals surface area contributed by atoms with Gasteiger partial charge in [-0.05, 0) is 71.5 Å². The molecule has 0 amide bonds. The summed E-state index contributed by atoms with van der Waals surface area (Å²) in [7, 11) is 1.52. The minimum absolute atomic E-state index is 0.0974. The number of ether oxygens (including phenoxy) is 1. The minimum Gasteiger partial charge on any atom is -0.504 e. The van der Waals surface area contributed by atoms with Gasteiger partial charge in [-0.25, -0.2) is 0 Å². The number of carbonyl (C=O) groups is 1. The molecule has 0 aliphatic heterocycles. The van der Waals surface area contributed by atoms with Crippen LogP contribution >= 0.6 is 0 Å². The third kappa shape index (κ3) is 6.67. The van der Waals surface area contributed by atoms with E-state index in [4.69, 9.17) is 4.74 Å². The summed E-state index contributed by atoms with van der Waals surface area (Å²) in [4.78, 5) is 12.9. The third-order valence-corrected chi connectivity index (χ3v) is 6.29. The zero-order chi connectivity index (χ0) is 26.4. The van der Waals surface area contributed by atoms with Crippen molar-refractivity contribution in [2.45, 2.75) is 39.7 Å². The Labute approximate surface area is 218 Å². The molecule has 37 heavy (non-hydrogen) atoms. The van der Waals surface area contributed by atoms with E-state index in [1.54, 1.807) is 18.2 Å². The molecule has 0 spiro atoms. The summed E-state index contributed by atoms with van der Waals surface area (Å²) in [6.45, 7) is 7.01. The fourth-order valence-corrected chi connectivity index (χ4v) is 4.32. The van der Waals surface area contributed by atoms with Crippen molar-refractivity contribution < 1.29 is 14.6 Å². The number of methoxy groups -OCH3 is 1. The summed E-state index contributed by atoms with van der Waals surface area (Å²) in [5, 5.41) is 20.5. The number of Topliss-reactive ketones (excluding diaryl/α,β-unsaturated/α-hetero) is 1. The van der Waals surface area contributed by atoms with Crippen molar-refractivity contribution in [3.8, 4) is 11.5 Å². The largest absolute Gasteiger partial charge is 0.504 e. The maximum absolute atomic E-state index is 12.9. The highest BCUT2D eigenvalue weighted by molar-refractivity contribution is 5.98. The number of phenolic OH excluding ortho intramolecular Hbond substituents is 1. The lowest BCUT2D eigenvalue weighted by Crippen LogP contribution is -2.06. The van der Waals surface area contributed by atoms with Gasteiger partial charge in [-0.3, -0.25) is 9.89 Å². The van der Waals surface area contributed by atoms with Crippen molar-refractivity contribution in [1.82, 2.24) is 10.2 Å². The Balaban J connectivity index is 1.35. The van der Waals surface area contributed by atoms with E-state index < -0.39 is 0 Å². The van der Waals surface area contributed by atoms with E-state index >= 15 is 0 Å². The molecular weight excluding hydrogens is 462 g/mol. The van der Waals surface area contributed by atoms with Crippen LogP contribution in [0.3, 0.4) is 0 Å². The number of carbonyl (C=O) groups excluding carboxylic acids is 1. The molecule has 0 bridgehead atoms. The van der Waals surface area contributed by atoms with Gasteiger partial charge in [-0.2, -0.15) is 5.10 Å². The second-order valence-electron chi connectivity index (χ2n) is 9.46. The molecule has 1 heterocycles. The molecule has 190 valence electrons. The number of nitrogens with one attached hydrogen (secondary N) is 2. The molecule has 4 aromatic rings. The van der Waals surface area contributed by atoms with Crippen LogP contribution in [-0.2, 0) is 13.0 Å². The summed E-state index contributed by atoms with van der Waals surface area (Å²) in [5.74, 6) is 1.10. The van der Waals surface area contributed by atoms with Gasteiger partial charge in [0.05, 0.1) is 25.0 Å². The van der Waals surface area contributed by atoms with Crippen LogP contribution in [0, 0.1) is 6.92 Å². The molecule has 0 aliphatic carbocycles. The fraction of sp³-hybridized carbons (Fsp3) is 0.226. The predicted molar refractivity (Wildman–Crippen MR) is 149 cm³/mol. The average Bonchev–Trinajstić information content (AvgIpc) is 3.35. The van der Waals surface area contributed by atoms with E-state index in [2.05, 4.69) is 54.5 Å². The first-order chi connectivity index (χ1) is 17.8. The van der Waals surface area contributed by atoms with Gasteiger partial charge in [0.25, 0.3) is 0 Å². The van der Waals surface area contributed by atoms with E-state index in [1.165, 1.54) is 18.2 Å². The number of phenols is 1. The van der Waals surface area contributed by atoms with Gasteiger partial charge < -0.3 is 15.2 Å². The lowest BCUT2D eigenvalue weighted by atomic mass is 9.94. The Morgan fingerprint density at radius 1 is 1.08 bits per heavy atom. The molecule has 4 rings (SSSR count). The van der Waals surface area contributed by atoms with Crippen molar-refractivity contribution in [3.63, 3.8) is 0 Å². The Morgan fingerprint density at radius 2 is 1.92 bits per heavy atom. The summed E-state index contributed by atoms with van der Waals surface area (Å²) in [6, 6.07) is 21.0. The van der Waals surface area contributed by atoms with Gasteiger partial charge in [0.2, 0.25) is 0 Å². The number of nitrogens with zero attached hydrogens (tertiary/aromatic N) is 1. The lowest BCUT2D eigenvalue weighted by molar-refractivity contribution is 0.0993. The first-order valence-electron chi connectivity index (χ1n) is 12.4. The second-order valence-corrected chi connectivity index (χ2v) is 9.46. The van der Waals surface area contributed by atoms with E-state index in [1.807, 2.05) is 42.5 Å². The van der Waals surface area contributed by atoms with E-state index in [0.29, 0.717) is 30.2 Å². The molecule has 0 radical (unpaired) electrons. The normalized spacial score (nSPS) is 11.3. The molecule has 6 heteroatoms. The summed E-state index contributed by atoms with van der Waals surface area (Å²) in [6.07, 6.45) is 4.18. The van der Waals surface area contributed by atoms with Crippen molar-refractivity contribution in [2.75, 3.05) is 12.4 Å². The number of aromatic nitrogens is 2. The fourth-order valence-electron chi connectivity index (χ4n) is 4.32. The molecule has 0 unspecified atom stereocenters. The van der Waals surface area contributed by atoms with Crippen molar-refractivity contribution in [1.29, 1.82) is 0 Å². The lowest BCUT2D eigenvalue weighted by Gasteiger charge is -2.11. The summed E-state index contributed by atoms with van der Waals surface area (Å²) < 4.78 is 5.15. The molecule has 0 atom stereocenters. The number of H-pyrrole nitrogens is 1. The smallest absolute Gasteiger partial charge is 0.167 e. The maximum Gasteiger partial charge on any atom is 0.167 e. The Hall–Kier alpha value is -4.32. The molecule has 0 saturated carbocycles.